The lowest BCUT2D eigenvalue weighted by Gasteiger charge is -2.02. The fourth-order valence-electron chi connectivity index (χ4n) is 2.28. The zero-order chi connectivity index (χ0) is 16.2. The van der Waals surface area contributed by atoms with Crippen molar-refractivity contribution in [3.63, 3.8) is 0 Å². The molecule has 3 nitrogen and oxygen atoms in total. The number of aromatic nitrogens is 1. The third-order valence-corrected chi connectivity index (χ3v) is 3.59. The van der Waals surface area contributed by atoms with Crippen LogP contribution in [0.25, 0.3) is 10.9 Å². The van der Waals surface area contributed by atoms with Crippen LogP contribution in [0, 0.1) is 18.8 Å². The second kappa shape index (κ2) is 6.33. The number of esters is 1. The number of hydrogen-bond acceptors (Lipinski definition) is 3. The highest BCUT2D eigenvalue weighted by atomic mass is 16.5. The topological polar surface area (TPSA) is 39.2 Å². The maximum Gasteiger partial charge on any atom is 0.337 e. The van der Waals surface area contributed by atoms with Crippen LogP contribution in [0.5, 0.6) is 0 Å². The van der Waals surface area contributed by atoms with Gasteiger partial charge < -0.3 is 4.74 Å². The van der Waals surface area contributed by atoms with E-state index in [0.29, 0.717) is 5.56 Å². The van der Waals surface area contributed by atoms with Crippen LogP contribution in [0.4, 0.5) is 0 Å². The predicted molar refractivity (Wildman–Crippen MR) is 90.2 cm³/mol. The molecule has 0 saturated carbocycles. The molecule has 0 amide bonds. The number of rotatable bonds is 1. The van der Waals surface area contributed by atoms with E-state index in [1.165, 1.54) is 7.11 Å². The summed E-state index contributed by atoms with van der Waals surface area (Å²) in [6, 6.07) is 15.3. The Morgan fingerprint density at radius 2 is 1.91 bits per heavy atom. The third-order valence-electron chi connectivity index (χ3n) is 3.59. The summed E-state index contributed by atoms with van der Waals surface area (Å²) >= 11 is 0. The Morgan fingerprint density at radius 1 is 1.09 bits per heavy atom. The Balaban J connectivity index is 1.98. The molecule has 3 heteroatoms. The Kier molecular flexibility index (Phi) is 4.07. The smallest absolute Gasteiger partial charge is 0.337 e. The molecule has 3 rings (SSSR count). The normalized spacial score (nSPS) is 10.0. The molecule has 112 valence electrons. The molecule has 0 spiro atoms. The van der Waals surface area contributed by atoms with E-state index in [2.05, 4.69) is 16.8 Å². The molecular formula is C20H15NO2. The van der Waals surface area contributed by atoms with Gasteiger partial charge in [-0.25, -0.2) is 4.79 Å². The van der Waals surface area contributed by atoms with Crippen molar-refractivity contribution in [3.05, 3.63) is 77.0 Å². The average Bonchev–Trinajstić information content (AvgIpc) is 2.60. The molecule has 0 aliphatic heterocycles. The van der Waals surface area contributed by atoms with Crippen LogP contribution in [-0.4, -0.2) is 18.1 Å². The first kappa shape index (κ1) is 14.8. The quantitative estimate of drug-likeness (QED) is 0.508. The summed E-state index contributed by atoms with van der Waals surface area (Å²) in [6.45, 7) is 1.96. The van der Waals surface area contributed by atoms with Gasteiger partial charge in [-0.2, -0.15) is 0 Å². The number of para-hydroxylation sites is 1. The van der Waals surface area contributed by atoms with Crippen LogP contribution in [0.3, 0.4) is 0 Å². The highest BCUT2D eigenvalue weighted by Gasteiger charge is 2.06. The molecule has 1 aromatic heterocycles. The summed E-state index contributed by atoms with van der Waals surface area (Å²) in [6.07, 6.45) is 1.76. The van der Waals surface area contributed by atoms with E-state index in [9.17, 15) is 4.79 Å². The first-order valence-electron chi connectivity index (χ1n) is 7.23. The number of carbonyl (C=O) groups is 1. The van der Waals surface area contributed by atoms with Crippen LogP contribution in [0.1, 0.15) is 27.0 Å². The molecule has 23 heavy (non-hydrogen) atoms. The summed E-state index contributed by atoms with van der Waals surface area (Å²) < 4.78 is 4.74. The Morgan fingerprint density at radius 3 is 2.74 bits per heavy atom. The Bertz CT molecular complexity index is 949. The monoisotopic (exact) mass is 301 g/mol. The van der Waals surface area contributed by atoms with Crippen molar-refractivity contribution >= 4 is 16.9 Å². The van der Waals surface area contributed by atoms with Gasteiger partial charge in [0.2, 0.25) is 0 Å². The maximum absolute atomic E-state index is 11.6. The highest BCUT2D eigenvalue weighted by Crippen LogP contribution is 2.14. The number of nitrogens with zero attached hydrogens (tertiary/aromatic N) is 1. The molecule has 1 heterocycles. The number of aryl methyl sites for hydroxylation is 1. The molecule has 2 aromatic carbocycles. The standard InChI is InChI=1S/C20H15NO2/c1-14-7-9-18(20(22)23-2)12-16(14)10-8-15-11-17-5-3-4-6-19(17)21-13-15/h3-7,9,11-13H,1-2H3. The zero-order valence-electron chi connectivity index (χ0n) is 13.0. The van der Waals surface area contributed by atoms with Crippen LogP contribution < -0.4 is 0 Å². The van der Waals surface area contributed by atoms with E-state index < -0.39 is 0 Å². The Labute approximate surface area is 134 Å². The molecule has 0 fully saturated rings. The molecule has 0 aliphatic carbocycles. The van der Waals surface area contributed by atoms with E-state index in [-0.39, 0.29) is 5.97 Å². The number of carbonyl (C=O) groups excluding carboxylic acids is 1. The minimum Gasteiger partial charge on any atom is -0.465 e. The van der Waals surface area contributed by atoms with Crippen molar-refractivity contribution in [2.75, 3.05) is 7.11 Å². The molecule has 0 saturated heterocycles. The molecule has 0 bridgehead atoms. The fraction of sp³-hybridized carbons (Fsp3) is 0.100. The van der Waals surface area contributed by atoms with Gasteiger partial charge in [-0.3, -0.25) is 4.98 Å². The average molecular weight is 301 g/mol. The van der Waals surface area contributed by atoms with E-state index in [1.807, 2.05) is 43.3 Å². The third kappa shape index (κ3) is 3.22. The summed E-state index contributed by atoms with van der Waals surface area (Å²) in [4.78, 5) is 16.0. The number of hydrogen-bond donors (Lipinski definition) is 0. The van der Waals surface area contributed by atoms with Gasteiger partial charge in [0.1, 0.15) is 0 Å². The SMILES string of the molecule is COC(=O)c1ccc(C)c(C#Cc2cnc3ccccc3c2)c1. The number of pyridine rings is 1. The molecule has 0 radical (unpaired) electrons. The van der Waals surface area contributed by atoms with Gasteiger partial charge in [0.05, 0.1) is 18.2 Å². The van der Waals surface area contributed by atoms with Crippen molar-refractivity contribution in [2.45, 2.75) is 6.92 Å². The van der Waals surface area contributed by atoms with Gasteiger partial charge in [-0.15, -0.1) is 0 Å². The summed E-state index contributed by atoms with van der Waals surface area (Å²) in [7, 11) is 1.37. The van der Waals surface area contributed by atoms with E-state index in [4.69, 9.17) is 4.74 Å². The first-order chi connectivity index (χ1) is 11.2. The second-order valence-corrected chi connectivity index (χ2v) is 5.19. The zero-order valence-corrected chi connectivity index (χ0v) is 13.0. The van der Waals surface area contributed by atoms with Crippen LogP contribution in [-0.2, 0) is 4.74 Å². The van der Waals surface area contributed by atoms with Crippen molar-refractivity contribution in [1.82, 2.24) is 4.98 Å². The lowest BCUT2D eigenvalue weighted by molar-refractivity contribution is 0.0600. The summed E-state index contributed by atoms with van der Waals surface area (Å²) in [5.41, 5.74) is 4.10. The highest BCUT2D eigenvalue weighted by molar-refractivity contribution is 5.90. The van der Waals surface area contributed by atoms with E-state index >= 15 is 0 Å². The lowest BCUT2D eigenvalue weighted by atomic mass is 10.0. The lowest BCUT2D eigenvalue weighted by Crippen LogP contribution is -2.01. The number of ether oxygens (including phenoxy) is 1. The van der Waals surface area contributed by atoms with Crippen molar-refractivity contribution < 1.29 is 9.53 Å². The minimum atomic E-state index is -0.361. The van der Waals surface area contributed by atoms with E-state index in [0.717, 1.165) is 27.6 Å². The van der Waals surface area contributed by atoms with Gasteiger partial charge in [-0.05, 0) is 36.8 Å². The van der Waals surface area contributed by atoms with Crippen LogP contribution >= 0.6 is 0 Å². The first-order valence-corrected chi connectivity index (χ1v) is 7.23. The van der Waals surface area contributed by atoms with Crippen LogP contribution in [0.15, 0.2) is 54.7 Å². The second-order valence-electron chi connectivity index (χ2n) is 5.19. The largest absolute Gasteiger partial charge is 0.465 e. The number of methoxy groups -OCH3 is 1. The molecule has 0 atom stereocenters. The molecule has 0 unspecified atom stereocenters. The predicted octanol–water partition coefficient (Wildman–Crippen LogP) is 3.73. The summed E-state index contributed by atoms with van der Waals surface area (Å²) in [5, 5.41) is 1.05. The van der Waals surface area contributed by atoms with Gasteiger partial charge in [-0.1, -0.05) is 36.1 Å². The Hall–Kier alpha value is -3.12. The van der Waals surface area contributed by atoms with Crippen molar-refractivity contribution in [2.24, 2.45) is 0 Å². The van der Waals surface area contributed by atoms with Crippen molar-refractivity contribution in [3.8, 4) is 11.8 Å². The minimum absolute atomic E-state index is 0.361. The fourth-order valence-corrected chi connectivity index (χ4v) is 2.28. The molecular weight excluding hydrogens is 286 g/mol. The van der Waals surface area contributed by atoms with E-state index in [1.54, 1.807) is 18.3 Å². The number of fused-ring (bicyclic) bond motifs is 1. The van der Waals surface area contributed by atoms with Crippen molar-refractivity contribution in [1.29, 1.82) is 0 Å². The van der Waals surface area contributed by atoms with Gasteiger partial charge in [0.15, 0.2) is 0 Å². The number of benzene rings is 2. The molecule has 0 N–H and O–H groups in total. The summed E-state index contributed by atoms with van der Waals surface area (Å²) in [5.74, 6) is 5.87. The maximum atomic E-state index is 11.6. The van der Waals surface area contributed by atoms with Gasteiger partial charge >= 0.3 is 5.97 Å². The van der Waals surface area contributed by atoms with Gasteiger partial charge in [0.25, 0.3) is 0 Å². The van der Waals surface area contributed by atoms with Gasteiger partial charge in [0, 0.05) is 22.7 Å². The molecule has 0 aliphatic rings. The molecule has 3 aromatic rings. The van der Waals surface area contributed by atoms with Crippen LogP contribution in [0.2, 0.25) is 0 Å².